The Morgan fingerprint density at radius 1 is 1.24 bits per heavy atom. The van der Waals surface area contributed by atoms with Crippen molar-refractivity contribution in [3.05, 3.63) is 48.2 Å². The maximum Gasteiger partial charge on any atom is 0.340 e. The van der Waals surface area contributed by atoms with Crippen molar-refractivity contribution < 1.29 is 14.3 Å². The van der Waals surface area contributed by atoms with Crippen LogP contribution in [0.25, 0.3) is 16.4 Å². The molecule has 0 bridgehead atoms. The van der Waals surface area contributed by atoms with Crippen molar-refractivity contribution in [3.63, 3.8) is 0 Å². The Balaban J connectivity index is 2.12. The number of pyridine rings is 1. The molecule has 5 nitrogen and oxygen atoms in total. The summed E-state index contributed by atoms with van der Waals surface area (Å²) in [7, 11) is 0. The van der Waals surface area contributed by atoms with Crippen molar-refractivity contribution in [1.29, 1.82) is 5.26 Å². The molecule has 0 spiro atoms. The van der Waals surface area contributed by atoms with E-state index in [0.29, 0.717) is 24.3 Å². The molecule has 1 atom stereocenters. The molecular formula is C20H20N2O3. The number of rotatable bonds is 6. The highest BCUT2D eigenvalue weighted by Crippen LogP contribution is 2.31. The van der Waals surface area contributed by atoms with Gasteiger partial charge in [0.1, 0.15) is 11.9 Å². The zero-order valence-electron chi connectivity index (χ0n) is 14.4. The first-order valence-electron chi connectivity index (χ1n) is 8.43. The number of esters is 1. The molecule has 0 amide bonds. The molecule has 1 aromatic carbocycles. The molecule has 3 aromatic rings. The number of benzene rings is 1. The molecule has 3 rings (SSSR count). The van der Waals surface area contributed by atoms with Crippen molar-refractivity contribution >= 4 is 22.4 Å². The number of nitriles is 1. The number of fused-ring (bicyclic) bond motifs is 3. The van der Waals surface area contributed by atoms with Gasteiger partial charge < -0.3 is 13.9 Å². The smallest absolute Gasteiger partial charge is 0.340 e. The minimum absolute atomic E-state index is 0.141. The van der Waals surface area contributed by atoms with Crippen LogP contribution in [0, 0.1) is 11.3 Å². The van der Waals surface area contributed by atoms with Crippen LogP contribution in [0.3, 0.4) is 0 Å². The summed E-state index contributed by atoms with van der Waals surface area (Å²) in [6.45, 7) is 4.12. The van der Waals surface area contributed by atoms with Crippen LogP contribution in [0.2, 0.25) is 0 Å². The molecule has 0 aliphatic carbocycles. The fourth-order valence-corrected chi connectivity index (χ4v) is 2.97. The van der Waals surface area contributed by atoms with E-state index in [1.54, 1.807) is 6.92 Å². The first-order chi connectivity index (χ1) is 12.2. The molecule has 0 radical (unpaired) electrons. The Hall–Kier alpha value is -3.00. The van der Waals surface area contributed by atoms with Gasteiger partial charge in [-0.2, -0.15) is 5.26 Å². The van der Waals surface area contributed by atoms with E-state index in [9.17, 15) is 4.79 Å². The molecule has 0 aliphatic heterocycles. The van der Waals surface area contributed by atoms with Gasteiger partial charge in [-0.3, -0.25) is 0 Å². The molecule has 128 valence electrons. The minimum atomic E-state index is -0.328. The quantitative estimate of drug-likeness (QED) is 0.628. The highest BCUT2D eigenvalue weighted by atomic mass is 16.5. The van der Waals surface area contributed by atoms with E-state index in [2.05, 4.69) is 6.07 Å². The summed E-state index contributed by atoms with van der Waals surface area (Å²) in [6.07, 6.45) is 2.88. The van der Waals surface area contributed by atoms with Crippen molar-refractivity contribution in [2.45, 2.75) is 32.8 Å². The second kappa shape index (κ2) is 7.27. The predicted molar refractivity (Wildman–Crippen MR) is 95.8 cm³/mol. The number of carbonyl (C=O) groups is 1. The largest absolute Gasteiger partial charge is 0.489 e. The summed E-state index contributed by atoms with van der Waals surface area (Å²) in [4.78, 5) is 12.4. The van der Waals surface area contributed by atoms with Crippen LogP contribution in [0.4, 0.5) is 0 Å². The number of ether oxygens (including phenoxy) is 2. The normalized spacial score (nSPS) is 12.0. The molecule has 0 saturated carbocycles. The van der Waals surface area contributed by atoms with Crippen molar-refractivity contribution in [2.24, 2.45) is 0 Å². The lowest BCUT2D eigenvalue weighted by Gasteiger charge is -2.14. The van der Waals surface area contributed by atoms with Gasteiger partial charge in [-0.05, 0) is 37.6 Å². The van der Waals surface area contributed by atoms with Crippen molar-refractivity contribution in [3.8, 4) is 11.8 Å². The first-order valence-corrected chi connectivity index (χ1v) is 8.43. The van der Waals surface area contributed by atoms with Gasteiger partial charge in [0.05, 0.1) is 35.7 Å². The van der Waals surface area contributed by atoms with Gasteiger partial charge in [-0.25, -0.2) is 4.79 Å². The average Bonchev–Trinajstić information content (AvgIpc) is 2.95. The second-order valence-corrected chi connectivity index (χ2v) is 5.74. The third-order valence-corrected chi connectivity index (χ3v) is 4.17. The molecule has 2 aromatic heterocycles. The molecule has 25 heavy (non-hydrogen) atoms. The van der Waals surface area contributed by atoms with Gasteiger partial charge >= 0.3 is 5.97 Å². The monoisotopic (exact) mass is 336 g/mol. The number of nitrogens with zero attached hydrogens (tertiary/aromatic N) is 2. The summed E-state index contributed by atoms with van der Waals surface area (Å²) >= 11 is 0. The van der Waals surface area contributed by atoms with Gasteiger partial charge in [0.2, 0.25) is 0 Å². The zero-order valence-corrected chi connectivity index (χ0v) is 14.4. The van der Waals surface area contributed by atoms with E-state index in [1.165, 1.54) is 0 Å². The molecule has 0 aliphatic rings. The molecule has 0 fully saturated rings. The predicted octanol–water partition coefficient (Wildman–Crippen LogP) is 4.34. The standard InChI is InChI=1S/C20H20N2O3/c1-3-14(10-11-21)25-15-8-9-16-18(13-15)22-12-6-5-7-17(22)19(16)20(23)24-4-2/h5-9,12-14H,3-4,10H2,1-2H3. The van der Waals surface area contributed by atoms with Crippen LogP contribution in [0.15, 0.2) is 42.6 Å². The number of hydrogen-bond acceptors (Lipinski definition) is 4. The van der Waals surface area contributed by atoms with Crippen molar-refractivity contribution in [1.82, 2.24) is 4.40 Å². The van der Waals surface area contributed by atoms with Crippen LogP contribution in [-0.4, -0.2) is 23.1 Å². The number of carbonyl (C=O) groups excluding carboxylic acids is 1. The third-order valence-electron chi connectivity index (χ3n) is 4.17. The van der Waals surface area contributed by atoms with Gasteiger partial charge in [-0.15, -0.1) is 0 Å². The third kappa shape index (κ3) is 3.16. The molecule has 2 heterocycles. The Bertz CT molecular complexity index is 953. The summed E-state index contributed by atoms with van der Waals surface area (Å²) in [5.41, 5.74) is 2.24. The summed E-state index contributed by atoms with van der Waals surface area (Å²) in [5.74, 6) is 0.360. The Morgan fingerprint density at radius 2 is 2.08 bits per heavy atom. The maximum atomic E-state index is 12.4. The summed E-state index contributed by atoms with van der Waals surface area (Å²) < 4.78 is 13.1. The lowest BCUT2D eigenvalue weighted by Crippen LogP contribution is -2.14. The minimum Gasteiger partial charge on any atom is -0.489 e. The molecule has 0 saturated heterocycles. The highest BCUT2D eigenvalue weighted by molar-refractivity contribution is 6.11. The van der Waals surface area contributed by atoms with Crippen LogP contribution >= 0.6 is 0 Å². The van der Waals surface area contributed by atoms with E-state index in [0.717, 1.165) is 22.8 Å². The average molecular weight is 336 g/mol. The van der Waals surface area contributed by atoms with E-state index < -0.39 is 0 Å². The van der Waals surface area contributed by atoms with E-state index in [1.807, 2.05) is 53.9 Å². The zero-order chi connectivity index (χ0) is 17.8. The molecular weight excluding hydrogens is 316 g/mol. The fraction of sp³-hybridized carbons (Fsp3) is 0.300. The fourth-order valence-electron chi connectivity index (χ4n) is 2.97. The van der Waals surface area contributed by atoms with Crippen LogP contribution < -0.4 is 4.74 Å². The molecule has 0 N–H and O–H groups in total. The molecule has 5 heteroatoms. The van der Waals surface area contributed by atoms with Crippen LogP contribution in [-0.2, 0) is 4.74 Å². The lowest BCUT2D eigenvalue weighted by atomic mass is 10.1. The Labute approximate surface area is 146 Å². The SMILES string of the molecule is CCOC(=O)c1c2ccc(OC(CC)CC#N)cc2n2ccccc12. The maximum absolute atomic E-state index is 12.4. The molecule has 1 unspecified atom stereocenters. The van der Waals surface area contributed by atoms with Crippen LogP contribution in [0.1, 0.15) is 37.0 Å². The Kier molecular flexibility index (Phi) is 4.90. The van der Waals surface area contributed by atoms with Crippen molar-refractivity contribution in [2.75, 3.05) is 6.61 Å². The van der Waals surface area contributed by atoms with Gasteiger partial charge in [-0.1, -0.05) is 13.0 Å². The Morgan fingerprint density at radius 3 is 2.80 bits per heavy atom. The van der Waals surface area contributed by atoms with E-state index in [4.69, 9.17) is 14.7 Å². The topological polar surface area (TPSA) is 63.7 Å². The summed E-state index contributed by atoms with van der Waals surface area (Å²) in [5, 5.41) is 9.71. The number of hydrogen-bond donors (Lipinski definition) is 0. The van der Waals surface area contributed by atoms with E-state index >= 15 is 0 Å². The van der Waals surface area contributed by atoms with Crippen LogP contribution in [0.5, 0.6) is 5.75 Å². The van der Waals surface area contributed by atoms with Gasteiger partial charge in [0, 0.05) is 17.6 Å². The number of aromatic nitrogens is 1. The van der Waals surface area contributed by atoms with Gasteiger partial charge in [0.25, 0.3) is 0 Å². The van der Waals surface area contributed by atoms with Gasteiger partial charge in [0.15, 0.2) is 0 Å². The summed E-state index contributed by atoms with van der Waals surface area (Å²) in [6, 6.07) is 13.5. The van der Waals surface area contributed by atoms with E-state index in [-0.39, 0.29) is 12.1 Å². The first kappa shape index (κ1) is 16.8. The lowest BCUT2D eigenvalue weighted by molar-refractivity contribution is 0.0531. The highest BCUT2D eigenvalue weighted by Gasteiger charge is 2.20. The second-order valence-electron chi connectivity index (χ2n) is 5.74.